The Bertz CT molecular complexity index is 169. The number of rotatable bonds is 3. The van der Waals surface area contributed by atoms with Crippen molar-refractivity contribution >= 4 is 12.4 Å². The fourth-order valence-electron chi connectivity index (χ4n) is 1.95. The largest absolute Gasteiger partial charge is 0.308 e. The van der Waals surface area contributed by atoms with Crippen LogP contribution in [0, 0.1) is 0 Å². The lowest BCUT2D eigenvalue weighted by Crippen LogP contribution is -2.46. The van der Waals surface area contributed by atoms with Crippen LogP contribution >= 0.6 is 12.4 Å². The first kappa shape index (κ1) is 12.7. The number of nitrogens with one attached hydrogen (secondary N) is 1. The van der Waals surface area contributed by atoms with Crippen LogP contribution in [0.3, 0.4) is 0 Å². The van der Waals surface area contributed by atoms with Crippen LogP contribution in [0.25, 0.3) is 0 Å². The molecule has 1 N–H and O–H groups in total. The van der Waals surface area contributed by atoms with Crippen molar-refractivity contribution < 1.29 is 0 Å². The second kappa shape index (κ2) is 6.22. The maximum atomic E-state index is 3.81. The van der Waals surface area contributed by atoms with Crippen molar-refractivity contribution in [2.45, 2.75) is 38.1 Å². The summed E-state index contributed by atoms with van der Waals surface area (Å²) in [5.41, 5.74) is 0.231. The number of hydrogen-bond donors (Lipinski definition) is 1. The third-order valence-electron chi connectivity index (χ3n) is 2.52. The Morgan fingerprint density at radius 3 is 2.69 bits per heavy atom. The topological polar surface area (TPSA) is 12.0 Å². The van der Waals surface area contributed by atoms with Crippen LogP contribution in [0.15, 0.2) is 24.8 Å². The lowest BCUT2D eigenvalue weighted by atomic mass is 9.85. The van der Waals surface area contributed by atoms with Gasteiger partial charge in [-0.05, 0) is 32.7 Å². The summed E-state index contributed by atoms with van der Waals surface area (Å²) in [6.07, 6.45) is 11.4. The zero-order chi connectivity index (χ0) is 8.86. The zero-order valence-electron chi connectivity index (χ0n) is 8.38. The molecule has 13 heavy (non-hydrogen) atoms. The van der Waals surface area contributed by atoms with E-state index in [1.54, 1.807) is 0 Å². The van der Waals surface area contributed by atoms with Gasteiger partial charge in [0.15, 0.2) is 0 Å². The summed E-state index contributed by atoms with van der Waals surface area (Å²) in [6.45, 7) is 7.04. The smallest absolute Gasteiger partial charge is 0.0398 e. The molecule has 1 heterocycles. The van der Waals surface area contributed by atoms with Crippen LogP contribution in [-0.4, -0.2) is 12.1 Å². The summed E-state index contributed by atoms with van der Waals surface area (Å²) in [6, 6.07) is 0. The molecule has 0 amide bonds. The SMILES string of the molecule is C=CCC1(C=CC)CCCCN1.Cl. The van der Waals surface area contributed by atoms with Gasteiger partial charge in [0.05, 0.1) is 0 Å². The molecule has 2 heteroatoms. The zero-order valence-corrected chi connectivity index (χ0v) is 9.20. The summed E-state index contributed by atoms with van der Waals surface area (Å²) in [7, 11) is 0. The minimum absolute atomic E-state index is 0. The van der Waals surface area contributed by atoms with E-state index in [1.165, 1.54) is 19.3 Å². The predicted octanol–water partition coefficient (Wildman–Crippen LogP) is 3.07. The highest BCUT2D eigenvalue weighted by atomic mass is 35.5. The Labute approximate surface area is 87.7 Å². The normalized spacial score (nSPS) is 28.4. The van der Waals surface area contributed by atoms with E-state index >= 15 is 0 Å². The molecule has 0 radical (unpaired) electrons. The minimum Gasteiger partial charge on any atom is -0.308 e. The monoisotopic (exact) mass is 201 g/mol. The van der Waals surface area contributed by atoms with Gasteiger partial charge >= 0.3 is 0 Å². The van der Waals surface area contributed by atoms with E-state index in [9.17, 15) is 0 Å². The minimum atomic E-state index is 0. The molecule has 0 bridgehead atoms. The van der Waals surface area contributed by atoms with Gasteiger partial charge in [-0.3, -0.25) is 0 Å². The first-order chi connectivity index (χ1) is 5.83. The molecule has 1 rings (SSSR count). The highest BCUT2D eigenvalue weighted by Gasteiger charge is 2.26. The van der Waals surface area contributed by atoms with Crippen LogP contribution in [0.4, 0.5) is 0 Å². The molecule has 0 aliphatic carbocycles. The van der Waals surface area contributed by atoms with Gasteiger partial charge in [0.2, 0.25) is 0 Å². The Hall–Kier alpha value is -0.270. The van der Waals surface area contributed by atoms with Gasteiger partial charge in [-0.2, -0.15) is 0 Å². The van der Waals surface area contributed by atoms with Crippen molar-refractivity contribution in [1.29, 1.82) is 0 Å². The molecular weight excluding hydrogens is 182 g/mol. The first-order valence-corrected chi connectivity index (χ1v) is 4.83. The van der Waals surface area contributed by atoms with E-state index in [0.29, 0.717) is 0 Å². The summed E-state index contributed by atoms with van der Waals surface area (Å²) in [5.74, 6) is 0. The molecule has 1 atom stereocenters. The highest BCUT2D eigenvalue weighted by molar-refractivity contribution is 5.85. The van der Waals surface area contributed by atoms with E-state index in [0.717, 1.165) is 13.0 Å². The van der Waals surface area contributed by atoms with E-state index < -0.39 is 0 Å². The second-order valence-corrected chi connectivity index (χ2v) is 3.53. The molecule has 1 aliphatic rings. The number of halogens is 1. The highest BCUT2D eigenvalue weighted by Crippen LogP contribution is 2.24. The van der Waals surface area contributed by atoms with Gasteiger partial charge in [-0.15, -0.1) is 19.0 Å². The Morgan fingerprint density at radius 2 is 2.23 bits per heavy atom. The summed E-state index contributed by atoms with van der Waals surface area (Å²) in [4.78, 5) is 0. The van der Waals surface area contributed by atoms with Crippen molar-refractivity contribution in [2.75, 3.05) is 6.54 Å². The molecule has 1 aliphatic heterocycles. The number of allylic oxidation sites excluding steroid dienone is 1. The third-order valence-corrected chi connectivity index (χ3v) is 2.52. The Kier molecular flexibility index (Phi) is 6.10. The number of hydrogen-bond acceptors (Lipinski definition) is 1. The van der Waals surface area contributed by atoms with Gasteiger partial charge in [0, 0.05) is 5.54 Å². The molecule has 1 nitrogen and oxygen atoms in total. The van der Waals surface area contributed by atoms with Gasteiger partial charge in [0.25, 0.3) is 0 Å². The van der Waals surface area contributed by atoms with Crippen molar-refractivity contribution in [3.05, 3.63) is 24.8 Å². The van der Waals surface area contributed by atoms with Crippen LogP contribution in [0.5, 0.6) is 0 Å². The molecular formula is C11H20ClN. The maximum Gasteiger partial charge on any atom is 0.0398 e. The van der Waals surface area contributed by atoms with Gasteiger partial charge < -0.3 is 5.32 Å². The fourth-order valence-corrected chi connectivity index (χ4v) is 1.95. The van der Waals surface area contributed by atoms with Crippen molar-refractivity contribution in [3.63, 3.8) is 0 Å². The Morgan fingerprint density at radius 1 is 1.46 bits per heavy atom. The van der Waals surface area contributed by atoms with Crippen LogP contribution in [0.2, 0.25) is 0 Å². The number of piperidine rings is 1. The van der Waals surface area contributed by atoms with Crippen LogP contribution in [-0.2, 0) is 0 Å². The fraction of sp³-hybridized carbons (Fsp3) is 0.636. The molecule has 0 aromatic rings. The molecule has 0 aromatic carbocycles. The van der Waals surface area contributed by atoms with Crippen LogP contribution < -0.4 is 5.32 Å². The molecule has 0 aromatic heterocycles. The van der Waals surface area contributed by atoms with Crippen molar-refractivity contribution in [3.8, 4) is 0 Å². The van der Waals surface area contributed by atoms with Crippen LogP contribution in [0.1, 0.15) is 32.6 Å². The molecule has 1 saturated heterocycles. The van der Waals surface area contributed by atoms with E-state index in [2.05, 4.69) is 31.0 Å². The van der Waals surface area contributed by atoms with Gasteiger partial charge in [0.1, 0.15) is 0 Å². The Balaban J connectivity index is 0.00000144. The average Bonchev–Trinajstić information content (AvgIpc) is 2.07. The van der Waals surface area contributed by atoms with Gasteiger partial charge in [-0.1, -0.05) is 24.6 Å². The maximum absolute atomic E-state index is 3.81. The lowest BCUT2D eigenvalue weighted by molar-refractivity contribution is 0.317. The first-order valence-electron chi connectivity index (χ1n) is 4.83. The summed E-state index contributed by atoms with van der Waals surface area (Å²) < 4.78 is 0. The molecule has 0 saturated carbocycles. The molecule has 1 fully saturated rings. The molecule has 76 valence electrons. The van der Waals surface area contributed by atoms with Gasteiger partial charge in [-0.25, -0.2) is 0 Å². The third kappa shape index (κ3) is 3.53. The van der Waals surface area contributed by atoms with Crippen molar-refractivity contribution in [2.24, 2.45) is 0 Å². The van der Waals surface area contributed by atoms with Crippen molar-refractivity contribution in [1.82, 2.24) is 5.32 Å². The average molecular weight is 202 g/mol. The summed E-state index contributed by atoms with van der Waals surface area (Å²) >= 11 is 0. The summed E-state index contributed by atoms with van der Waals surface area (Å²) in [5, 5.41) is 3.58. The molecule has 0 spiro atoms. The van der Waals surface area contributed by atoms with E-state index in [1.807, 2.05) is 6.08 Å². The molecule has 1 unspecified atom stereocenters. The quantitative estimate of drug-likeness (QED) is 0.693. The van der Waals surface area contributed by atoms with E-state index in [-0.39, 0.29) is 17.9 Å². The standard InChI is InChI=1S/C11H19N.ClH/c1-3-7-11(8-4-2)9-5-6-10-12-11;/h3-4,8,12H,1,5-7,9-10H2,2H3;1H. The second-order valence-electron chi connectivity index (χ2n) is 3.53. The lowest BCUT2D eigenvalue weighted by Gasteiger charge is -2.35. The predicted molar refractivity (Wildman–Crippen MR) is 61.5 cm³/mol. The van der Waals surface area contributed by atoms with E-state index in [4.69, 9.17) is 0 Å².